The second-order valence-electron chi connectivity index (χ2n) is 14.3. The molecule has 2 unspecified atom stereocenters. The molecular weight excluding hydrogens is 841 g/mol. The van der Waals surface area contributed by atoms with Crippen LogP contribution in [0.2, 0.25) is 10.0 Å². The Hall–Kier alpha value is -6.00. The van der Waals surface area contributed by atoms with Crippen LogP contribution in [-0.4, -0.2) is 55.6 Å². The van der Waals surface area contributed by atoms with E-state index in [0.717, 1.165) is 45.5 Å². The number of hydrogen-bond acceptors (Lipinski definition) is 6. The van der Waals surface area contributed by atoms with Crippen LogP contribution in [0, 0.1) is 48.8 Å². The third-order valence-corrected chi connectivity index (χ3v) is 10.7. The van der Waals surface area contributed by atoms with Gasteiger partial charge in [-0.1, -0.05) is 30.1 Å². The number of aromatic hydroxyl groups is 2. The summed E-state index contributed by atoms with van der Waals surface area (Å²) in [6, 6.07) is 6.29. The summed E-state index contributed by atoms with van der Waals surface area (Å²) in [6.07, 6.45) is 0.301. The number of fused-ring (bicyclic) bond motifs is 2. The molecule has 2 amide bonds. The van der Waals surface area contributed by atoms with Gasteiger partial charge in [0, 0.05) is 58.0 Å². The van der Waals surface area contributed by atoms with Gasteiger partial charge in [0.2, 0.25) is 11.8 Å². The zero-order chi connectivity index (χ0) is 44.2. The van der Waals surface area contributed by atoms with E-state index in [4.69, 9.17) is 23.2 Å². The molecule has 2 heterocycles. The first kappa shape index (κ1) is 43.6. The van der Waals surface area contributed by atoms with Crippen LogP contribution in [0.15, 0.2) is 48.5 Å². The van der Waals surface area contributed by atoms with E-state index in [9.17, 15) is 38.2 Å². The van der Waals surface area contributed by atoms with E-state index < -0.39 is 121 Å². The van der Waals surface area contributed by atoms with Crippen LogP contribution in [-0.2, 0) is 9.59 Å². The van der Waals surface area contributed by atoms with Gasteiger partial charge in [0.1, 0.15) is 11.6 Å². The highest BCUT2D eigenvalue weighted by molar-refractivity contribution is 6.31. The number of phenols is 2. The van der Waals surface area contributed by atoms with Crippen LogP contribution < -0.4 is 10.6 Å². The van der Waals surface area contributed by atoms with Gasteiger partial charge in [-0.25, -0.2) is 26.3 Å². The molecule has 0 saturated carbocycles. The molecule has 2 aromatic heterocycles. The number of nitrogens with one attached hydrogen (secondary N) is 2. The molecule has 0 aliphatic rings. The summed E-state index contributed by atoms with van der Waals surface area (Å²) in [6.45, 7) is 7.05. The van der Waals surface area contributed by atoms with Crippen molar-refractivity contribution < 1.29 is 55.7 Å². The fraction of sp³-hybridized carbons (Fsp3) is 0.238. The lowest BCUT2D eigenvalue weighted by Gasteiger charge is -2.28. The van der Waals surface area contributed by atoms with Gasteiger partial charge in [-0.05, 0) is 81.6 Å². The lowest BCUT2D eigenvalue weighted by atomic mass is 9.77. The summed E-state index contributed by atoms with van der Waals surface area (Å²) in [5.41, 5.74) is -3.65. The highest BCUT2D eigenvalue weighted by atomic mass is 35.5. The Labute approximate surface area is 347 Å². The average Bonchev–Trinajstić information content (AvgIpc) is 3.63. The van der Waals surface area contributed by atoms with Gasteiger partial charge >= 0.3 is 0 Å². The largest absolute Gasteiger partial charge is 0.503 e. The van der Waals surface area contributed by atoms with E-state index in [1.54, 1.807) is 6.92 Å². The Morgan fingerprint density at radius 3 is 1.42 bits per heavy atom. The summed E-state index contributed by atoms with van der Waals surface area (Å²) in [7, 11) is 0. The number of phenolic OH excluding ortho intramolecular Hbond substituents is 2. The Morgan fingerprint density at radius 1 is 0.650 bits per heavy atom. The number of carbonyl (C=O) groups is 4. The second-order valence-corrected chi connectivity index (χ2v) is 15.1. The molecule has 0 fully saturated rings. The number of amides is 2. The van der Waals surface area contributed by atoms with E-state index >= 15 is 17.6 Å². The molecule has 0 bridgehead atoms. The van der Waals surface area contributed by atoms with Gasteiger partial charge in [-0.2, -0.15) is 0 Å². The highest BCUT2D eigenvalue weighted by Crippen LogP contribution is 2.48. The van der Waals surface area contributed by atoms with Gasteiger partial charge in [0.25, 0.3) is 11.8 Å². The molecular formula is C42H34Cl2F6N4O6. The first-order chi connectivity index (χ1) is 28.2. The van der Waals surface area contributed by atoms with Gasteiger partial charge in [-0.15, -0.1) is 0 Å². The maximum atomic E-state index is 16.6. The monoisotopic (exact) mass is 874 g/mol. The average molecular weight is 876 g/mol. The molecule has 6 aromatic rings. The zero-order valence-corrected chi connectivity index (χ0v) is 33.7. The molecule has 4 aromatic carbocycles. The van der Waals surface area contributed by atoms with Crippen LogP contribution in [0.3, 0.4) is 0 Å². The van der Waals surface area contributed by atoms with E-state index in [2.05, 4.69) is 10.6 Å². The summed E-state index contributed by atoms with van der Waals surface area (Å²) >= 11 is 11.7. The van der Waals surface area contributed by atoms with E-state index in [1.165, 1.54) is 27.7 Å². The Morgan fingerprint density at radius 2 is 1.05 bits per heavy atom. The highest BCUT2D eigenvalue weighted by Gasteiger charge is 2.45. The number of halogens is 8. The summed E-state index contributed by atoms with van der Waals surface area (Å²) < 4.78 is 94.4. The number of rotatable bonds is 10. The Bertz CT molecular complexity index is 2800. The molecule has 0 aliphatic heterocycles. The Balaban J connectivity index is 1.79. The normalized spacial score (nSPS) is 12.6. The van der Waals surface area contributed by atoms with Crippen LogP contribution in [0.1, 0.15) is 82.3 Å². The van der Waals surface area contributed by atoms with Crippen molar-refractivity contribution in [3.05, 3.63) is 127 Å². The van der Waals surface area contributed by atoms with Gasteiger partial charge in [0.05, 0.1) is 32.9 Å². The molecule has 6 rings (SSSR count). The topological polar surface area (TPSA) is 143 Å². The van der Waals surface area contributed by atoms with E-state index in [1.807, 2.05) is 0 Å². The number of aromatic nitrogens is 2. The SMILES string of the molecule is CCCNC(=O)C(c1c(C)n(C(=O)c2ccc(Cl)c(F)c2)c2cc(F)c(O)c(F)c12)C(C(=O)NC(C)C)c1c(C)n(C(=O)c2ccc(Cl)c(F)c2)c2cc(F)c(O)c(F)c12. The van der Waals surface area contributed by atoms with Crippen molar-refractivity contribution in [3.63, 3.8) is 0 Å². The molecule has 0 aliphatic carbocycles. The number of nitrogens with zero attached hydrogens (tertiary/aromatic N) is 2. The Kier molecular flexibility index (Phi) is 12.0. The summed E-state index contributed by atoms with van der Waals surface area (Å²) in [4.78, 5) is 58.0. The van der Waals surface area contributed by atoms with Crippen molar-refractivity contribution in [2.45, 2.75) is 58.9 Å². The smallest absolute Gasteiger partial charge is 0.262 e. The van der Waals surface area contributed by atoms with Crippen LogP contribution in [0.4, 0.5) is 26.3 Å². The quantitative estimate of drug-likeness (QED) is 0.101. The number of carbonyl (C=O) groups excluding carboxylic acids is 4. The van der Waals surface area contributed by atoms with Crippen molar-refractivity contribution in [3.8, 4) is 11.5 Å². The lowest BCUT2D eigenvalue weighted by Crippen LogP contribution is -2.42. The zero-order valence-electron chi connectivity index (χ0n) is 32.2. The molecule has 314 valence electrons. The van der Waals surface area contributed by atoms with E-state index in [0.29, 0.717) is 18.6 Å². The lowest BCUT2D eigenvalue weighted by molar-refractivity contribution is -0.129. The molecule has 0 saturated heterocycles. The van der Waals surface area contributed by atoms with E-state index in [-0.39, 0.29) is 39.1 Å². The number of benzene rings is 4. The number of hydrogen-bond donors (Lipinski definition) is 4. The molecule has 18 heteroatoms. The molecule has 10 nitrogen and oxygen atoms in total. The fourth-order valence-corrected chi connectivity index (χ4v) is 7.69. The summed E-state index contributed by atoms with van der Waals surface area (Å²) in [5, 5.41) is 24.2. The van der Waals surface area contributed by atoms with Crippen LogP contribution >= 0.6 is 23.2 Å². The third-order valence-electron chi connectivity index (χ3n) is 10.1. The van der Waals surface area contributed by atoms with Crippen molar-refractivity contribution >= 4 is 68.6 Å². The molecule has 2 atom stereocenters. The molecule has 0 radical (unpaired) electrons. The maximum absolute atomic E-state index is 16.6. The molecule has 0 spiro atoms. The predicted octanol–water partition coefficient (Wildman–Crippen LogP) is 9.06. The fourth-order valence-electron chi connectivity index (χ4n) is 7.45. The summed E-state index contributed by atoms with van der Waals surface area (Å²) in [5.74, 6) is -20.1. The van der Waals surface area contributed by atoms with Crippen molar-refractivity contribution in [2.24, 2.45) is 0 Å². The standard InChI is InChI=1S/C42H34Cl2F6N4O6/c1-6-11-51-39(57)33(29-17(4)53(27-14-25(47)37(55)35(49)31(27)29)41(59)19-7-9-21(43)23(45)12-19)34(40(58)52-16(2)3)30-18(5)54(28-15-26(48)38(56)36(50)32(28)30)42(60)20-8-10-22(44)24(46)13-20/h7-10,12-16,33-34,55-56H,6,11H2,1-5H3,(H,51,57)(H,52,58). The second kappa shape index (κ2) is 16.6. The van der Waals surface area contributed by atoms with Crippen molar-refractivity contribution in [2.75, 3.05) is 6.54 Å². The predicted molar refractivity (Wildman–Crippen MR) is 211 cm³/mol. The minimum Gasteiger partial charge on any atom is -0.503 e. The van der Waals surface area contributed by atoms with Gasteiger partial charge < -0.3 is 20.8 Å². The van der Waals surface area contributed by atoms with Gasteiger partial charge in [0.15, 0.2) is 34.8 Å². The van der Waals surface area contributed by atoms with Crippen molar-refractivity contribution in [1.82, 2.24) is 19.8 Å². The minimum atomic E-state index is -2.09. The minimum absolute atomic E-state index is 0.0708. The van der Waals surface area contributed by atoms with Crippen LogP contribution in [0.5, 0.6) is 11.5 Å². The first-order valence-electron chi connectivity index (χ1n) is 18.2. The van der Waals surface area contributed by atoms with Crippen molar-refractivity contribution in [1.29, 1.82) is 0 Å². The van der Waals surface area contributed by atoms with Gasteiger partial charge in [-0.3, -0.25) is 28.3 Å². The first-order valence-corrected chi connectivity index (χ1v) is 19.0. The maximum Gasteiger partial charge on any atom is 0.262 e. The third kappa shape index (κ3) is 7.31. The molecule has 4 N–H and O–H groups in total. The molecule has 60 heavy (non-hydrogen) atoms. The van der Waals surface area contributed by atoms with Crippen LogP contribution in [0.25, 0.3) is 21.8 Å².